The van der Waals surface area contributed by atoms with Gasteiger partial charge in [0.2, 0.25) is 5.91 Å². The molecule has 0 radical (unpaired) electrons. The van der Waals surface area contributed by atoms with Gasteiger partial charge in [-0.15, -0.1) is 11.6 Å². The highest BCUT2D eigenvalue weighted by Gasteiger charge is 2.60. The molecule has 4 aliphatic carbocycles. The lowest BCUT2D eigenvalue weighted by molar-refractivity contribution is -0.138. The minimum absolute atomic E-state index is 0.118. The molecule has 4 aliphatic rings. The minimum atomic E-state index is -0.241. The van der Waals surface area contributed by atoms with Gasteiger partial charge in [0.15, 0.2) is 0 Å². The maximum absolute atomic E-state index is 12.8. The first-order chi connectivity index (χ1) is 9.48. The second-order valence-corrected chi connectivity index (χ2v) is 8.06. The summed E-state index contributed by atoms with van der Waals surface area (Å²) in [6, 6.07) is 0. The highest BCUT2D eigenvalue weighted by atomic mass is 35.5. The van der Waals surface area contributed by atoms with Gasteiger partial charge < -0.3 is 5.32 Å². The van der Waals surface area contributed by atoms with E-state index in [2.05, 4.69) is 15.5 Å². The first-order valence-corrected chi connectivity index (χ1v) is 7.86. The van der Waals surface area contributed by atoms with Crippen LogP contribution in [0.25, 0.3) is 0 Å². The first kappa shape index (κ1) is 12.7. The van der Waals surface area contributed by atoms with Crippen LogP contribution in [0, 0.1) is 24.2 Å². The Morgan fingerprint density at radius 1 is 1.40 bits per heavy atom. The van der Waals surface area contributed by atoms with Crippen LogP contribution in [0.15, 0.2) is 6.20 Å². The molecule has 1 aromatic rings. The largest absolute Gasteiger partial charge is 0.323 e. The van der Waals surface area contributed by atoms with Crippen molar-refractivity contribution in [1.82, 2.24) is 10.2 Å². The molecule has 5 rings (SSSR count). The molecule has 0 aliphatic heterocycles. The fourth-order valence-corrected chi connectivity index (χ4v) is 5.84. The van der Waals surface area contributed by atoms with Gasteiger partial charge in [-0.05, 0) is 57.3 Å². The zero-order valence-electron chi connectivity index (χ0n) is 11.7. The molecule has 20 heavy (non-hydrogen) atoms. The fraction of sp³-hybridized carbons (Fsp3) is 0.733. The van der Waals surface area contributed by atoms with E-state index in [1.165, 1.54) is 6.42 Å². The van der Waals surface area contributed by atoms with E-state index in [1.54, 1.807) is 6.20 Å². The summed E-state index contributed by atoms with van der Waals surface area (Å²) < 4.78 is 0. The summed E-state index contributed by atoms with van der Waals surface area (Å²) >= 11 is 6.78. The fourth-order valence-electron chi connectivity index (χ4n) is 5.15. The standard InChI is InChI=1S/C15H20ClN3O/c1-9-12(7-17-19-9)18-13(20)14-3-10-2-11(4-14)6-15(16,5-10)8-14/h7,10-11H,2-6,8H2,1H3,(H,17,19)(H,18,20). The van der Waals surface area contributed by atoms with Crippen LogP contribution in [-0.2, 0) is 4.79 Å². The molecule has 2 N–H and O–H groups in total. The van der Waals surface area contributed by atoms with Gasteiger partial charge in [-0.2, -0.15) is 5.10 Å². The molecule has 1 amide bonds. The van der Waals surface area contributed by atoms with E-state index in [1.807, 2.05) is 6.92 Å². The number of H-pyrrole nitrogens is 1. The van der Waals surface area contributed by atoms with Crippen LogP contribution in [0.4, 0.5) is 5.69 Å². The Bertz CT molecular complexity index is 553. The van der Waals surface area contributed by atoms with Crippen molar-refractivity contribution in [3.05, 3.63) is 11.9 Å². The van der Waals surface area contributed by atoms with Crippen molar-refractivity contribution >= 4 is 23.2 Å². The number of hydrogen-bond acceptors (Lipinski definition) is 2. The molecule has 4 nitrogen and oxygen atoms in total. The quantitative estimate of drug-likeness (QED) is 0.823. The molecule has 0 aromatic carbocycles. The summed E-state index contributed by atoms with van der Waals surface area (Å²) in [4.78, 5) is 12.7. The van der Waals surface area contributed by atoms with Crippen LogP contribution in [0.5, 0.6) is 0 Å². The van der Waals surface area contributed by atoms with Crippen molar-refractivity contribution < 1.29 is 4.79 Å². The molecule has 2 unspecified atom stereocenters. The van der Waals surface area contributed by atoms with E-state index in [0.717, 1.165) is 43.5 Å². The van der Waals surface area contributed by atoms with Crippen molar-refractivity contribution in [2.45, 2.75) is 50.3 Å². The highest BCUT2D eigenvalue weighted by Crippen LogP contribution is 2.64. The molecule has 0 saturated heterocycles. The molecule has 1 heterocycles. The normalized spacial score (nSPS) is 41.9. The predicted octanol–water partition coefficient (Wildman–Crippen LogP) is 3.23. The summed E-state index contributed by atoms with van der Waals surface area (Å²) in [5, 5.41) is 9.91. The van der Waals surface area contributed by atoms with Crippen LogP contribution < -0.4 is 5.32 Å². The second kappa shape index (κ2) is 4.00. The molecule has 0 spiro atoms. The number of aryl methyl sites for hydroxylation is 1. The molecule has 4 saturated carbocycles. The Morgan fingerprint density at radius 3 is 2.65 bits per heavy atom. The number of nitrogens with one attached hydrogen (secondary N) is 2. The third-order valence-electron chi connectivity index (χ3n) is 5.55. The predicted molar refractivity (Wildman–Crippen MR) is 77.7 cm³/mol. The van der Waals surface area contributed by atoms with Crippen LogP contribution in [-0.4, -0.2) is 21.0 Å². The Morgan fingerprint density at radius 2 is 2.10 bits per heavy atom. The number of alkyl halides is 1. The molecule has 4 fully saturated rings. The Balaban J connectivity index is 1.61. The SMILES string of the molecule is Cc1[nH]ncc1NC(=O)C12CC3CC(CC(Cl)(C3)C1)C2. The van der Waals surface area contributed by atoms with E-state index in [0.29, 0.717) is 11.8 Å². The van der Waals surface area contributed by atoms with E-state index >= 15 is 0 Å². The molecule has 1 aromatic heterocycles. The Hall–Kier alpha value is -1.03. The number of anilines is 1. The Labute approximate surface area is 123 Å². The van der Waals surface area contributed by atoms with Crippen molar-refractivity contribution in [1.29, 1.82) is 0 Å². The van der Waals surface area contributed by atoms with E-state index in [9.17, 15) is 4.79 Å². The topological polar surface area (TPSA) is 57.8 Å². The van der Waals surface area contributed by atoms with Crippen LogP contribution >= 0.6 is 11.6 Å². The van der Waals surface area contributed by atoms with Crippen molar-refractivity contribution in [3.8, 4) is 0 Å². The smallest absolute Gasteiger partial charge is 0.230 e. The zero-order valence-corrected chi connectivity index (χ0v) is 12.5. The number of nitrogens with zero attached hydrogens (tertiary/aromatic N) is 1. The van der Waals surface area contributed by atoms with Crippen molar-refractivity contribution in [2.75, 3.05) is 5.32 Å². The number of rotatable bonds is 2. The van der Waals surface area contributed by atoms with Gasteiger partial charge in [-0.25, -0.2) is 0 Å². The maximum Gasteiger partial charge on any atom is 0.230 e. The molecular weight excluding hydrogens is 274 g/mol. The number of aromatic nitrogens is 2. The van der Waals surface area contributed by atoms with Gasteiger partial charge in [-0.1, -0.05) is 0 Å². The second-order valence-electron chi connectivity index (χ2n) is 7.26. The summed E-state index contributed by atoms with van der Waals surface area (Å²) in [5.41, 5.74) is 1.47. The van der Waals surface area contributed by atoms with Gasteiger partial charge in [0.05, 0.1) is 23.0 Å². The van der Waals surface area contributed by atoms with E-state index in [-0.39, 0.29) is 16.2 Å². The third-order valence-corrected chi connectivity index (χ3v) is 5.99. The number of hydrogen-bond donors (Lipinski definition) is 2. The third kappa shape index (κ3) is 1.80. The van der Waals surface area contributed by atoms with E-state index in [4.69, 9.17) is 11.6 Å². The van der Waals surface area contributed by atoms with Crippen LogP contribution in [0.3, 0.4) is 0 Å². The monoisotopic (exact) mass is 293 g/mol. The highest BCUT2D eigenvalue weighted by molar-refractivity contribution is 6.24. The maximum atomic E-state index is 12.8. The average molecular weight is 294 g/mol. The molecule has 4 bridgehead atoms. The minimum Gasteiger partial charge on any atom is -0.323 e. The molecule has 5 heteroatoms. The lowest BCUT2D eigenvalue weighted by Crippen LogP contribution is -2.57. The number of carbonyl (C=O) groups excluding carboxylic acids is 1. The number of halogens is 1. The summed E-state index contributed by atoms with van der Waals surface area (Å²) in [6.45, 7) is 1.92. The Kier molecular flexibility index (Phi) is 2.54. The van der Waals surface area contributed by atoms with Gasteiger partial charge in [0, 0.05) is 4.87 Å². The lowest BCUT2D eigenvalue weighted by Gasteiger charge is -2.59. The summed E-state index contributed by atoms with van der Waals surface area (Å²) in [5.74, 6) is 1.44. The molecular formula is C15H20ClN3O. The van der Waals surface area contributed by atoms with Crippen molar-refractivity contribution in [3.63, 3.8) is 0 Å². The summed E-state index contributed by atoms with van der Waals surface area (Å²) in [6.07, 6.45) is 8.03. The van der Waals surface area contributed by atoms with E-state index < -0.39 is 0 Å². The molecule has 2 atom stereocenters. The average Bonchev–Trinajstić information content (AvgIpc) is 2.71. The van der Waals surface area contributed by atoms with Gasteiger partial charge >= 0.3 is 0 Å². The van der Waals surface area contributed by atoms with Crippen molar-refractivity contribution in [2.24, 2.45) is 17.3 Å². The van der Waals surface area contributed by atoms with Gasteiger partial charge in [-0.3, -0.25) is 9.89 Å². The zero-order chi connectivity index (χ0) is 14.0. The van der Waals surface area contributed by atoms with Crippen LogP contribution in [0.2, 0.25) is 0 Å². The van der Waals surface area contributed by atoms with Crippen LogP contribution in [0.1, 0.15) is 44.2 Å². The lowest BCUT2D eigenvalue weighted by atomic mass is 9.49. The van der Waals surface area contributed by atoms with Gasteiger partial charge in [0.1, 0.15) is 0 Å². The number of amides is 1. The number of carbonyl (C=O) groups is 1. The molecule has 108 valence electrons. The summed E-state index contributed by atoms with van der Waals surface area (Å²) in [7, 11) is 0. The number of aromatic amines is 1. The first-order valence-electron chi connectivity index (χ1n) is 7.48. The van der Waals surface area contributed by atoms with Gasteiger partial charge in [0.25, 0.3) is 0 Å².